The molecule has 2 aromatic rings. The van der Waals surface area contributed by atoms with Crippen LogP contribution in [0.1, 0.15) is 11.1 Å². The van der Waals surface area contributed by atoms with E-state index in [0.717, 1.165) is 37.6 Å². The van der Waals surface area contributed by atoms with Gasteiger partial charge in [0.05, 0.1) is 25.0 Å². The third-order valence-electron chi connectivity index (χ3n) is 8.08. The molecule has 7 atom stereocenters. The summed E-state index contributed by atoms with van der Waals surface area (Å²) in [7, 11) is 2.04. The van der Waals surface area contributed by atoms with Gasteiger partial charge in [0.15, 0.2) is 0 Å². The first-order valence-electron chi connectivity index (χ1n) is 13.8. The Labute approximate surface area is 236 Å². The highest BCUT2D eigenvalue weighted by Gasteiger charge is 2.51. The Morgan fingerprint density at radius 2 is 1.74 bits per heavy atom. The van der Waals surface area contributed by atoms with E-state index in [9.17, 15) is 10.2 Å². The first-order valence-corrected chi connectivity index (χ1v) is 14.2. The lowest BCUT2D eigenvalue weighted by atomic mass is 10.1. The van der Waals surface area contributed by atoms with Gasteiger partial charge in [0, 0.05) is 44.4 Å². The third-order valence-corrected chi connectivity index (χ3v) is 8.33. The number of nitrogens with zero attached hydrogens (tertiary/aromatic N) is 3. The molecule has 10 nitrogen and oxygen atoms in total. The zero-order valence-electron chi connectivity index (χ0n) is 22.5. The minimum atomic E-state index is -0.995. The summed E-state index contributed by atoms with van der Waals surface area (Å²) in [5.41, 5.74) is 8.73. The molecular formula is C28H42ClN7O3. The number of nitrogens with two attached hydrogens (primary N) is 1. The Morgan fingerprint density at radius 3 is 2.51 bits per heavy atom. The van der Waals surface area contributed by atoms with E-state index in [-0.39, 0.29) is 18.4 Å². The SMILES string of the molecule is CN(CCN(CCc1ccc(Cl)cc1)Cc1ccccc1)C[C@H]1O[C@@H](N2CNC3C(N)NCNC32)[C@H](O)[C@@H]1O. The van der Waals surface area contributed by atoms with Crippen molar-refractivity contribution in [1.29, 1.82) is 0 Å². The van der Waals surface area contributed by atoms with Crippen LogP contribution < -0.4 is 21.7 Å². The zero-order valence-corrected chi connectivity index (χ0v) is 23.3. The second kappa shape index (κ2) is 13.3. The lowest BCUT2D eigenvalue weighted by Gasteiger charge is -2.38. The maximum Gasteiger partial charge on any atom is 0.142 e. The van der Waals surface area contributed by atoms with Crippen LogP contribution in [0, 0.1) is 0 Å². The number of fused-ring (bicyclic) bond motifs is 1. The van der Waals surface area contributed by atoms with Crippen LogP contribution in [0.25, 0.3) is 0 Å². The summed E-state index contributed by atoms with van der Waals surface area (Å²) in [4.78, 5) is 6.65. The van der Waals surface area contributed by atoms with Crippen molar-refractivity contribution in [1.82, 2.24) is 30.7 Å². The summed E-state index contributed by atoms with van der Waals surface area (Å²) < 4.78 is 6.26. The number of likely N-dealkylation sites (N-methyl/N-ethyl adjacent to an activating group) is 1. The Balaban J connectivity index is 1.15. The van der Waals surface area contributed by atoms with Crippen molar-refractivity contribution < 1.29 is 14.9 Å². The van der Waals surface area contributed by atoms with Crippen LogP contribution in [0.2, 0.25) is 5.02 Å². The third kappa shape index (κ3) is 7.16. The molecule has 7 N–H and O–H groups in total. The van der Waals surface area contributed by atoms with Crippen molar-refractivity contribution in [2.75, 3.05) is 46.6 Å². The van der Waals surface area contributed by atoms with Crippen LogP contribution in [-0.2, 0) is 17.7 Å². The van der Waals surface area contributed by atoms with E-state index in [4.69, 9.17) is 22.1 Å². The topological polar surface area (TPSA) is 122 Å². The van der Waals surface area contributed by atoms with E-state index in [1.165, 1.54) is 11.1 Å². The highest BCUT2D eigenvalue weighted by molar-refractivity contribution is 6.30. The molecule has 0 aliphatic carbocycles. The van der Waals surface area contributed by atoms with Gasteiger partial charge in [-0.1, -0.05) is 54.1 Å². The molecule has 0 saturated carbocycles. The molecule has 0 aromatic heterocycles. The number of nitrogens with one attached hydrogen (secondary N) is 3. The summed E-state index contributed by atoms with van der Waals surface area (Å²) in [6.07, 6.45) is -2.37. The van der Waals surface area contributed by atoms with Gasteiger partial charge in [-0.25, -0.2) is 4.90 Å². The first kappa shape index (κ1) is 28.8. The standard InChI is InChI=1S/C28H42ClN7O3/c1-34(13-14-35(15-20-5-3-2-4-6-20)12-11-19-7-9-21(29)10-8-19)16-22-24(37)25(38)28(39-22)36-18-33-23-26(30)31-17-32-27(23)36/h2-10,22-28,31-33,37-38H,11-18,30H2,1H3/t22-,23?,24-,25-,26?,27?,28-/m1/s1. The number of rotatable bonds is 11. The quantitative estimate of drug-likeness (QED) is 0.220. The number of benzene rings is 2. The van der Waals surface area contributed by atoms with Gasteiger partial charge in [0.2, 0.25) is 0 Å². The Kier molecular flexibility index (Phi) is 9.86. The molecule has 3 aliphatic rings. The largest absolute Gasteiger partial charge is 0.387 e. The van der Waals surface area contributed by atoms with E-state index in [1.807, 2.05) is 30.1 Å². The molecule has 0 bridgehead atoms. The predicted molar refractivity (Wildman–Crippen MR) is 152 cm³/mol. The van der Waals surface area contributed by atoms with Gasteiger partial charge in [0.1, 0.15) is 24.5 Å². The van der Waals surface area contributed by atoms with E-state index >= 15 is 0 Å². The predicted octanol–water partition coefficient (Wildman–Crippen LogP) is -0.244. The van der Waals surface area contributed by atoms with Gasteiger partial charge < -0.3 is 25.6 Å². The molecule has 3 aliphatic heterocycles. The molecule has 11 heteroatoms. The van der Waals surface area contributed by atoms with E-state index in [1.54, 1.807) is 0 Å². The molecule has 5 rings (SSSR count). The number of hydrogen-bond acceptors (Lipinski definition) is 10. The average Bonchev–Trinajstić information content (AvgIpc) is 3.49. The maximum absolute atomic E-state index is 10.9. The van der Waals surface area contributed by atoms with Gasteiger partial charge in [-0.05, 0) is 36.7 Å². The van der Waals surface area contributed by atoms with Crippen LogP contribution in [0.4, 0.5) is 0 Å². The summed E-state index contributed by atoms with van der Waals surface area (Å²) in [5.74, 6) is 0. The van der Waals surface area contributed by atoms with Gasteiger partial charge in [-0.15, -0.1) is 0 Å². The second-order valence-corrected chi connectivity index (χ2v) is 11.3. The fourth-order valence-electron chi connectivity index (χ4n) is 5.77. The Hall–Kier alpha value is -1.67. The van der Waals surface area contributed by atoms with Gasteiger partial charge >= 0.3 is 0 Å². The van der Waals surface area contributed by atoms with E-state index < -0.39 is 24.5 Å². The van der Waals surface area contributed by atoms with Crippen molar-refractivity contribution >= 4 is 11.6 Å². The van der Waals surface area contributed by atoms with Crippen molar-refractivity contribution in [3.63, 3.8) is 0 Å². The monoisotopic (exact) mass is 559 g/mol. The lowest BCUT2D eigenvalue weighted by molar-refractivity contribution is -0.106. The number of ether oxygens (including phenoxy) is 1. The summed E-state index contributed by atoms with van der Waals surface area (Å²) in [5, 5.41) is 32.5. The maximum atomic E-state index is 10.9. The molecule has 0 spiro atoms. The second-order valence-electron chi connectivity index (χ2n) is 10.9. The first-order chi connectivity index (χ1) is 18.9. The molecule has 39 heavy (non-hydrogen) atoms. The summed E-state index contributed by atoms with van der Waals surface area (Å²) in [6.45, 7) is 5.07. The number of hydrogen-bond donors (Lipinski definition) is 6. The van der Waals surface area contributed by atoms with Crippen LogP contribution in [0.3, 0.4) is 0 Å². The average molecular weight is 560 g/mol. The van der Waals surface area contributed by atoms with Crippen LogP contribution in [-0.4, -0.2) is 114 Å². The fraction of sp³-hybridized carbons (Fsp3) is 0.571. The van der Waals surface area contributed by atoms with Gasteiger partial charge in [0.25, 0.3) is 0 Å². The molecule has 214 valence electrons. The van der Waals surface area contributed by atoms with Crippen molar-refractivity contribution in [3.8, 4) is 0 Å². The smallest absolute Gasteiger partial charge is 0.142 e. The van der Waals surface area contributed by atoms with Crippen LogP contribution in [0.5, 0.6) is 0 Å². The molecule has 3 unspecified atom stereocenters. The van der Waals surface area contributed by atoms with Crippen LogP contribution >= 0.6 is 11.6 Å². The molecule has 3 heterocycles. The minimum Gasteiger partial charge on any atom is -0.387 e. The minimum absolute atomic E-state index is 0.00288. The summed E-state index contributed by atoms with van der Waals surface area (Å²) >= 11 is 6.06. The summed E-state index contributed by atoms with van der Waals surface area (Å²) in [6, 6.07) is 18.5. The van der Waals surface area contributed by atoms with E-state index in [2.05, 4.69) is 62.1 Å². The molecular weight excluding hydrogens is 518 g/mol. The molecule has 3 saturated heterocycles. The van der Waals surface area contributed by atoms with Crippen LogP contribution in [0.15, 0.2) is 54.6 Å². The van der Waals surface area contributed by atoms with Crippen molar-refractivity contribution in [2.45, 2.75) is 55.9 Å². The highest BCUT2D eigenvalue weighted by atomic mass is 35.5. The lowest BCUT2D eigenvalue weighted by Crippen LogP contribution is -2.68. The Bertz CT molecular complexity index is 1040. The van der Waals surface area contributed by atoms with Crippen molar-refractivity contribution in [3.05, 3.63) is 70.7 Å². The van der Waals surface area contributed by atoms with Crippen molar-refractivity contribution in [2.24, 2.45) is 5.73 Å². The highest BCUT2D eigenvalue weighted by Crippen LogP contribution is 2.28. The normalized spacial score (nSPS) is 31.3. The zero-order chi connectivity index (χ0) is 27.4. The Morgan fingerprint density at radius 1 is 0.974 bits per heavy atom. The van der Waals surface area contributed by atoms with Gasteiger partial charge in [-0.3, -0.25) is 20.9 Å². The number of aliphatic hydroxyl groups is 2. The number of halogens is 1. The fourth-order valence-corrected chi connectivity index (χ4v) is 5.89. The number of aliphatic hydroxyl groups excluding tert-OH is 2. The van der Waals surface area contributed by atoms with E-state index in [0.29, 0.717) is 19.9 Å². The molecule has 0 radical (unpaired) electrons. The molecule has 2 aromatic carbocycles. The molecule has 3 fully saturated rings. The molecule has 0 amide bonds. The van der Waals surface area contributed by atoms with Gasteiger partial charge in [-0.2, -0.15) is 0 Å².